The van der Waals surface area contributed by atoms with E-state index < -0.39 is 28.8 Å². The molecule has 0 aliphatic carbocycles. The van der Waals surface area contributed by atoms with Gasteiger partial charge in [-0.3, -0.25) is 19.7 Å². The van der Waals surface area contributed by atoms with Crippen LogP contribution in [0.25, 0.3) is 0 Å². The molecule has 6 heteroatoms. The first-order valence-electron chi connectivity index (χ1n) is 6.45. The van der Waals surface area contributed by atoms with E-state index in [2.05, 4.69) is 10.6 Å². The molecule has 3 N–H and O–H groups in total. The first-order valence-corrected chi connectivity index (χ1v) is 6.45. The van der Waals surface area contributed by atoms with Crippen LogP contribution < -0.4 is 10.6 Å². The molecule has 3 amide bonds. The molecule has 1 aliphatic rings. The summed E-state index contributed by atoms with van der Waals surface area (Å²) in [6.07, 6.45) is 0.126. The number of carbonyl (C=O) groups excluding carboxylic acids is 3. The Kier molecular flexibility index (Phi) is 3.80. The average molecular weight is 288 g/mol. The lowest BCUT2D eigenvalue weighted by Gasteiger charge is -2.31. The molecule has 2 rings (SSSR count). The highest BCUT2D eigenvalue weighted by Gasteiger charge is 2.36. The van der Waals surface area contributed by atoms with Crippen LogP contribution >= 0.6 is 0 Å². The fourth-order valence-electron chi connectivity index (χ4n) is 2.11. The van der Waals surface area contributed by atoms with Crippen molar-refractivity contribution < 1.29 is 19.5 Å². The van der Waals surface area contributed by atoms with Gasteiger partial charge >= 0.3 is 0 Å². The molecule has 110 valence electrons. The number of nitrogens with one attached hydrogen (secondary N) is 2. The number of aliphatic hydroxyl groups excluding tert-OH is 1. The monoisotopic (exact) mass is 288 g/mol. The maximum absolute atomic E-state index is 12.0. The summed E-state index contributed by atoms with van der Waals surface area (Å²) in [6.45, 7) is 3.45. The zero-order valence-electron chi connectivity index (χ0n) is 11.8. The Morgan fingerprint density at radius 2 is 1.81 bits per heavy atom. The standard InChI is InChI=1S/C15H16N2O4/c1-15(2)8-10(18)11(14(21)17-15)13(20)16-12(19)9-6-4-3-5-7-9/h3-7,18H,8H2,1-2H3,(H,17,21)(H,16,19,20). The van der Waals surface area contributed by atoms with Crippen molar-refractivity contribution in [2.45, 2.75) is 25.8 Å². The average Bonchev–Trinajstić information content (AvgIpc) is 2.37. The van der Waals surface area contributed by atoms with E-state index in [-0.39, 0.29) is 12.2 Å². The third kappa shape index (κ3) is 3.28. The van der Waals surface area contributed by atoms with Crippen molar-refractivity contribution in [3.8, 4) is 0 Å². The van der Waals surface area contributed by atoms with E-state index in [9.17, 15) is 19.5 Å². The molecule has 0 spiro atoms. The summed E-state index contributed by atoms with van der Waals surface area (Å²) in [7, 11) is 0. The smallest absolute Gasteiger partial charge is 0.267 e. The predicted molar refractivity (Wildman–Crippen MR) is 75.4 cm³/mol. The normalized spacial score (nSPS) is 17.1. The largest absolute Gasteiger partial charge is 0.511 e. The van der Waals surface area contributed by atoms with Crippen LogP contribution in [0.4, 0.5) is 0 Å². The third-order valence-electron chi connectivity index (χ3n) is 3.07. The molecule has 1 aromatic rings. The van der Waals surface area contributed by atoms with E-state index in [1.54, 1.807) is 44.2 Å². The summed E-state index contributed by atoms with van der Waals surface area (Å²) in [5.41, 5.74) is -0.755. The molecule has 0 radical (unpaired) electrons. The van der Waals surface area contributed by atoms with Gasteiger partial charge < -0.3 is 10.4 Å². The molecule has 1 aliphatic heterocycles. The number of imide groups is 1. The van der Waals surface area contributed by atoms with Gasteiger partial charge in [0.1, 0.15) is 11.3 Å². The van der Waals surface area contributed by atoms with Crippen LogP contribution in [0.3, 0.4) is 0 Å². The predicted octanol–water partition coefficient (Wildman–Crippen LogP) is 1.05. The van der Waals surface area contributed by atoms with E-state index >= 15 is 0 Å². The Morgan fingerprint density at radius 1 is 1.19 bits per heavy atom. The highest BCUT2D eigenvalue weighted by atomic mass is 16.3. The molecule has 0 atom stereocenters. The van der Waals surface area contributed by atoms with Crippen LogP contribution in [0.2, 0.25) is 0 Å². The van der Waals surface area contributed by atoms with Crippen molar-refractivity contribution in [2.75, 3.05) is 0 Å². The number of hydrogen-bond acceptors (Lipinski definition) is 4. The second-order valence-corrected chi connectivity index (χ2v) is 5.49. The number of rotatable bonds is 2. The minimum Gasteiger partial charge on any atom is -0.511 e. The van der Waals surface area contributed by atoms with Crippen molar-refractivity contribution >= 4 is 17.7 Å². The lowest BCUT2D eigenvalue weighted by atomic mass is 9.92. The summed E-state index contributed by atoms with van der Waals surface area (Å²) in [5.74, 6) is -2.54. The molecule has 21 heavy (non-hydrogen) atoms. The van der Waals surface area contributed by atoms with Crippen molar-refractivity contribution in [3.05, 3.63) is 47.2 Å². The minimum absolute atomic E-state index is 0.126. The van der Waals surface area contributed by atoms with Crippen LogP contribution in [-0.2, 0) is 9.59 Å². The molecular weight excluding hydrogens is 272 g/mol. The first-order chi connectivity index (χ1) is 9.80. The van der Waals surface area contributed by atoms with Crippen molar-refractivity contribution in [1.29, 1.82) is 0 Å². The lowest BCUT2D eigenvalue weighted by Crippen LogP contribution is -2.51. The molecule has 0 bridgehead atoms. The second kappa shape index (κ2) is 5.40. The van der Waals surface area contributed by atoms with E-state index in [1.807, 2.05) is 0 Å². The highest BCUT2D eigenvalue weighted by molar-refractivity contribution is 6.23. The Morgan fingerprint density at radius 3 is 2.38 bits per heavy atom. The second-order valence-electron chi connectivity index (χ2n) is 5.49. The van der Waals surface area contributed by atoms with Gasteiger partial charge in [-0.2, -0.15) is 0 Å². The van der Waals surface area contributed by atoms with Gasteiger partial charge in [-0.1, -0.05) is 18.2 Å². The zero-order valence-corrected chi connectivity index (χ0v) is 11.8. The fraction of sp³-hybridized carbons (Fsp3) is 0.267. The van der Waals surface area contributed by atoms with Crippen LogP contribution in [0.5, 0.6) is 0 Å². The van der Waals surface area contributed by atoms with E-state index in [0.717, 1.165) is 0 Å². The summed E-state index contributed by atoms with van der Waals surface area (Å²) < 4.78 is 0. The first kappa shape index (κ1) is 14.8. The minimum atomic E-state index is -0.908. The van der Waals surface area contributed by atoms with E-state index in [4.69, 9.17) is 0 Å². The molecule has 0 aromatic heterocycles. The maximum atomic E-state index is 12.0. The highest BCUT2D eigenvalue weighted by Crippen LogP contribution is 2.22. The third-order valence-corrected chi connectivity index (χ3v) is 3.07. The van der Waals surface area contributed by atoms with E-state index in [0.29, 0.717) is 5.56 Å². The van der Waals surface area contributed by atoms with Crippen LogP contribution in [-0.4, -0.2) is 28.4 Å². The molecule has 0 unspecified atom stereocenters. The molecule has 0 saturated heterocycles. The van der Waals surface area contributed by atoms with Crippen LogP contribution in [0.1, 0.15) is 30.6 Å². The van der Waals surface area contributed by atoms with E-state index in [1.165, 1.54) is 0 Å². The van der Waals surface area contributed by atoms with Gasteiger partial charge in [-0.15, -0.1) is 0 Å². The van der Waals surface area contributed by atoms with Gasteiger partial charge in [-0.05, 0) is 26.0 Å². The fourth-order valence-corrected chi connectivity index (χ4v) is 2.11. The quantitative estimate of drug-likeness (QED) is 0.560. The Labute approximate surface area is 121 Å². The molecule has 1 heterocycles. The molecule has 0 saturated carbocycles. The number of benzene rings is 1. The molecular formula is C15H16N2O4. The van der Waals surface area contributed by atoms with Gasteiger partial charge in [0.15, 0.2) is 0 Å². The number of carbonyl (C=O) groups is 3. The number of amides is 3. The number of aliphatic hydroxyl groups is 1. The summed E-state index contributed by atoms with van der Waals surface area (Å²) in [4.78, 5) is 35.8. The lowest BCUT2D eigenvalue weighted by molar-refractivity contribution is -0.125. The Bertz CT molecular complexity index is 632. The van der Waals surface area contributed by atoms with Crippen LogP contribution in [0.15, 0.2) is 41.7 Å². The van der Waals surface area contributed by atoms with Gasteiger partial charge in [0, 0.05) is 17.5 Å². The summed E-state index contributed by atoms with van der Waals surface area (Å²) in [5, 5.41) is 14.6. The molecule has 6 nitrogen and oxygen atoms in total. The van der Waals surface area contributed by atoms with Gasteiger partial charge in [0.25, 0.3) is 17.7 Å². The number of hydrogen-bond donors (Lipinski definition) is 3. The van der Waals surface area contributed by atoms with Crippen molar-refractivity contribution in [3.63, 3.8) is 0 Å². The summed E-state index contributed by atoms with van der Waals surface area (Å²) >= 11 is 0. The van der Waals surface area contributed by atoms with Crippen molar-refractivity contribution in [2.24, 2.45) is 0 Å². The van der Waals surface area contributed by atoms with Gasteiger partial charge in [0.2, 0.25) is 0 Å². The van der Waals surface area contributed by atoms with Gasteiger partial charge in [0.05, 0.1) is 0 Å². The Hall–Kier alpha value is -2.63. The molecule has 1 aromatic carbocycles. The SMILES string of the molecule is CC1(C)CC(O)=C(C(=O)NC(=O)c2ccccc2)C(=O)N1. The van der Waals surface area contributed by atoms with Crippen LogP contribution in [0, 0.1) is 0 Å². The van der Waals surface area contributed by atoms with Crippen molar-refractivity contribution in [1.82, 2.24) is 10.6 Å². The summed E-state index contributed by atoms with van der Waals surface area (Å²) in [6, 6.07) is 8.14. The zero-order chi connectivity index (χ0) is 15.6. The maximum Gasteiger partial charge on any atom is 0.267 e. The Balaban J connectivity index is 2.17. The van der Waals surface area contributed by atoms with Gasteiger partial charge in [-0.25, -0.2) is 0 Å². The molecule has 0 fully saturated rings. The topological polar surface area (TPSA) is 95.5 Å².